The fourth-order valence-corrected chi connectivity index (χ4v) is 5.17. The minimum atomic E-state index is -0.745. The van der Waals surface area contributed by atoms with E-state index in [9.17, 15) is 13.6 Å². The fraction of sp³-hybridized carbons (Fsp3) is 0.286. The van der Waals surface area contributed by atoms with Gasteiger partial charge in [0, 0.05) is 54.4 Å². The van der Waals surface area contributed by atoms with Crippen LogP contribution < -0.4 is 15.4 Å². The summed E-state index contributed by atoms with van der Waals surface area (Å²) in [4.78, 5) is 24.3. The van der Waals surface area contributed by atoms with E-state index < -0.39 is 23.2 Å². The third kappa shape index (κ3) is 4.92. The Morgan fingerprint density at radius 1 is 1.13 bits per heavy atom. The molecular formula is C28H27F2N7O2. The van der Waals surface area contributed by atoms with Crippen molar-refractivity contribution in [2.24, 2.45) is 0 Å². The van der Waals surface area contributed by atoms with Crippen LogP contribution in [0.3, 0.4) is 0 Å². The minimum Gasteiger partial charge on any atom is -0.490 e. The zero-order chi connectivity index (χ0) is 27.0. The molecule has 0 saturated carbocycles. The maximum absolute atomic E-state index is 14.4. The van der Waals surface area contributed by atoms with Gasteiger partial charge >= 0.3 is 0 Å². The molecular weight excluding hydrogens is 504 g/mol. The summed E-state index contributed by atoms with van der Waals surface area (Å²) < 4.78 is 33.4. The van der Waals surface area contributed by atoms with Gasteiger partial charge in [-0.3, -0.25) is 14.9 Å². The number of benzene rings is 2. The predicted molar refractivity (Wildman–Crippen MR) is 140 cm³/mol. The first kappa shape index (κ1) is 24.9. The smallest absolute Gasteiger partial charge is 0.251 e. The normalized spacial score (nSPS) is 18.3. The van der Waals surface area contributed by atoms with Gasteiger partial charge in [0.05, 0.1) is 17.1 Å². The van der Waals surface area contributed by atoms with Crippen molar-refractivity contribution >= 4 is 11.6 Å². The SMILES string of the molecule is CN1CCC(Nc2cccc(C(=O)NC3COc4cc(F)cc(F)c43)c2)(c2nc(-c3ccncc3)n[nH]2)CC1. The molecule has 3 N–H and O–H groups in total. The Morgan fingerprint density at radius 3 is 2.72 bits per heavy atom. The molecule has 1 saturated heterocycles. The number of nitrogens with one attached hydrogen (secondary N) is 3. The molecule has 0 bridgehead atoms. The zero-order valence-corrected chi connectivity index (χ0v) is 21.2. The molecule has 0 radical (unpaired) electrons. The lowest BCUT2D eigenvalue weighted by molar-refractivity contribution is 0.0930. The number of halogens is 2. The molecule has 1 amide bonds. The molecule has 1 fully saturated rings. The van der Waals surface area contributed by atoms with Gasteiger partial charge in [-0.25, -0.2) is 13.8 Å². The second-order valence-corrected chi connectivity index (χ2v) is 9.97. The van der Waals surface area contributed by atoms with Crippen molar-refractivity contribution in [1.29, 1.82) is 0 Å². The standard InChI is InChI=1S/C28H27F2N7O2/c1-37-11-7-28(8-12-37,27-33-25(35-36-27)17-5-9-31-10-6-17)34-20-4-2-3-18(13-20)26(38)32-22-16-39-23-15-19(29)14-21(30)24(22)23/h2-6,9-10,13-15,22,34H,7-8,11-12,16H2,1H3,(H,32,38)(H,33,35,36). The zero-order valence-electron chi connectivity index (χ0n) is 21.2. The van der Waals surface area contributed by atoms with Crippen LogP contribution in [-0.4, -0.2) is 57.7 Å². The summed E-state index contributed by atoms with van der Waals surface area (Å²) in [6.45, 7) is 1.73. The van der Waals surface area contributed by atoms with E-state index >= 15 is 0 Å². The summed E-state index contributed by atoms with van der Waals surface area (Å²) in [6, 6.07) is 12.1. The van der Waals surface area contributed by atoms with Gasteiger partial charge in [-0.2, -0.15) is 5.10 Å². The number of aromatic amines is 1. The average Bonchev–Trinajstić information content (AvgIpc) is 3.59. The lowest BCUT2D eigenvalue weighted by atomic mass is 9.86. The molecule has 39 heavy (non-hydrogen) atoms. The van der Waals surface area contributed by atoms with Crippen LogP contribution >= 0.6 is 0 Å². The van der Waals surface area contributed by atoms with Gasteiger partial charge in [0.15, 0.2) is 11.6 Å². The first-order chi connectivity index (χ1) is 18.9. The van der Waals surface area contributed by atoms with E-state index in [4.69, 9.17) is 9.72 Å². The molecule has 2 aliphatic heterocycles. The van der Waals surface area contributed by atoms with E-state index in [-0.39, 0.29) is 23.8 Å². The Balaban J connectivity index is 1.24. The maximum atomic E-state index is 14.4. The van der Waals surface area contributed by atoms with Gasteiger partial charge in [0.25, 0.3) is 5.91 Å². The van der Waals surface area contributed by atoms with Gasteiger partial charge in [-0.1, -0.05) is 6.07 Å². The second kappa shape index (κ2) is 10.1. The van der Waals surface area contributed by atoms with Gasteiger partial charge in [0.2, 0.25) is 0 Å². The summed E-state index contributed by atoms with van der Waals surface area (Å²) in [7, 11) is 2.08. The number of likely N-dealkylation sites (tertiary alicyclic amines) is 1. The Morgan fingerprint density at radius 2 is 1.92 bits per heavy atom. The van der Waals surface area contributed by atoms with E-state index in [1.54, 1.807) is 30.6 Å². The monoisotopic (exact) mass is 531 g/mol. The lowest BCUT2D eigenvalue weighted by Crippen LogP contribution is -2.46. The Hall–Kier alpha value is -4.38. The molecule has 1 unspecified atom stereocenters. The number of carbonyl (C=O) groups is 1. The number of anilines is 1. The Bertz CT molecular complexity index is 1500. The van der Waals surface area contributed by atoms with Crippen LogP contribution in [0.5, 0.6) is 5.75 Å². The minimum absolute atomic E-state index is 0.0291. The quantitative estimate of drug-likeness (QED) is 0.345. The van der Waals surface area contributed by atoms with E-state index in [1.807, 2.05) is 18.2 Å². The van der Waals surface area contributed by atoms with Crippen LogP contribution in [0.25, 0.3) is 11.4 Å². The number of pyridine rings is 1. The Labute approximate surface area is 223 Å². The van der Waals surface area contributed by atoms with E-state index in [0.717, 1.165) is 55.1 Å². The number of rotatable bonds is 6. The topological polar surface area (TPSA) is 108 Å². The van der Waals surface area contributed by atoms with Gasteiger partial charge in [0.1, 0.15) is 24.0 Å². The maximum Gasteiger partial charge on any atom is 0.251 e. The summed E-state index contributed by atoms with van der Waals surface area (Å²) in [5.41, 5.74) is 1.63. The largest absolute Gasteiger partial charge is 0.490 e. The number of hydrogen-bond donors (Lipinski definition) is 3. The number of aromatic nitrogens is 4. The number of nitrogens with zero attached hydrogens (tertiary/aromatic N) is 4. The van der Waals surface area contributed by atoms with Gasteiger partial charge < -0.3 is 20.3 Å². The van der Waals surface area contributed by atoms with E-state index in [1.165, 1.54) is 0 Å². The number of hydrogen-bond acceptors (Lipinski definition) is 7. The molecule has 4 aromatic rings. The number of amides is 1. The first-order valence-electron chi connectivity index (χ1n) is 12.7. The van der Waals surface area contributed by atoms with Crippen LogP contribution in [0.4, 0.5) is 14.5 Å². The molecule has 0 spiro atoms. The fourth-order valence-electron chi connectivity index (χ4n) is 5.17. The summed E-state index contributed by atoms with van der Waals surface area (Å²) in [5, 5.41) is 14.0. The lowest BCUT2D eigenvalue weighted by Gasteiger charge is -2.40. The van der Waals surface area contributed by atoms with Crippen molar-refractivity contribution in [2.75, 3.05) is 32.1 Å². The molecule has 2 aromatic carbocycles. The van der Waals surface area contributed by atoms with Crippen molar-refractivity contribution in [3.8, 4) is 17.1 Å². The van der Waals surface area contributed by atoms with Gasteiger partial charge in [-0.15, -0.1) is 0 Å². The summed E-state index contributed by atoms with van der Waals surface area (Å²) in [6.07, 6.45) is 4.96. The van der Waals surface area contributed by atoms with Crippen LogP contribution in [0.15, 0.2) is 60.9 Å². The highest BCUT2D eigenvalue weighted by atomic mass is 19.1. The number of H-pyrrole nitrogens is 1. The van der Waals surface area contributed by atoms with E-state index in [0.29, 0.717) is 11.4 Å². The molecule has 11 heteroatoms. The van der Waals surface area contributed by atoms with E-state index in [2.05, 4.69) is 37.8 Å². The van der Waals surface area contributed by atoms with Crippen molar-refractivity contribution in [2.45, 2.75) is 24.4 Å². The highest BCUT2D eigenvalue weighted by Gasteiger charge is 2.39. The number of piperidine rings is 1. The number of carbonyl (C=O) groups excluding carboxylic acids is 1. The predicted octanol–water partition coefficient (Wildman–Crippen LogP) is 4.04. The number of fused-ring (bicyclic) bond motifs is 1. The van der Waals surface area contributed by atoms with Gasteiger partial charge in [-0.05, 0) is 50.2 Å². The molecule has 200 valence electrons. The molecule has 9 nitrogen and oxygen atoms in total. The molecule has 0 aliphatic carbocycles. The van der Waals surface area contributed by atoms with Crippen LogP contribution in [0.2, 0.25) is 0 Å². The third-order valence-corrected chi connectivity index (χ3v) is 7.34. The van der Waals surface area contributed by atoms with Crippen molar-refractivity contribution in [1.82, 2.24) is 30.4 Å². The Kier molecular flexibility index (Phi) is 6.43. The number of ether oxygens (including phenoxy) is 1. The van der Waals surface area contributed by atoms with Crippen molar-refractivity contribution in [3.63, 3.8) is 0 Å². The summed E-state index contributed by atoms with van der Waals surface area (Å²) >= 11 is 0. The van der Waals surface area contributed by atoms with Crippen LogP contribution in [0, 0.1) is 11.6 Å². The van der Waals surface area contributed by atoms with Crippen molar-refractivity contribution < 1.29 is 18.3 Å². The molecule has 1 atom stereocenters. The molecule has 6 rings (SSSR count). The molecule has 2 aromatic heterocycles. The molecule has 4 heterocycles. The second-order valence-electron chi connectivity index (χ2n) is 9.97. The third-order valence-electron chi connectivity index (χ3n) is 7.34. The van der Waals surface area contributed by atoms with Crippen molar-refractivity contribution in [3.05, 3.63) is 89.5 Å². The average molecular weight is 532 g/mol. The first-order valence-corrected chi connectivity index (χ1v) is 12.7. The highest BCUT2D eigenvalue weighted by molar-refractivity contribution is 5.95. The summed E-state index contributed by atoms with van der Waals surface area (Å²) in [5.74, 6) is -0.437. The van der Waals surface area contributed by atoms with Crippen LogP contribution in [-0.2, 0) is 5.54 Å². The highest BCUT2D eigenvalue weighted by Crippen LogP contribution is 2.37. The molecule has 2 aliphatic rings. The van der Waals surface area contributed by atoms with Crippen LogP contribution in [0.1, 0.15) is 40.6 Å².